The zero-order valence-electron chi connectivity index (χ0n) is 18.1. The van der Waals surface area contributed by atoms with E-state index in [9.17, 15) is 9.59 Å². The Morgan fingerprint density at radius 2 is 1.71 bits per heavy atom. The number of benzene rings is 3. The Bertz CT molecular complexity index is 1310. The number of fused-ring (bicyclic) bond motifs is 3. The number of rotatable bonds is 6. The lowest BCUT2D eigenvalue weighted by Crippen LogP contribution is -2.45. The van der Waals surface area contributed by atoms with Crippen molar-refractivity contribution >= 4 is 51.9 Å². The van der Waals surface area contributed by atoms with E-state index in [1.54, 1.807) is 6.07 Å². The quantitative estimate of drug-likeness (QED) is 0.550. The molecule has 3 aromatic carbocycles. The van der Waals surface area contributed by atoms with Gasteiger partial charge in [-0.3, -0.25) is 14.5 Å². The third-order valence-electron chi connectivity index (χ3n) is 5.65. The molecule has 0 saturated carbocycles. The molecule has 3 aromatic rings. The van der Waals surface area contributed by atoms with Crippen molar-refractivity contribution in [3.05, 3.63) is 101 Å². The fraction of sp³-hybridized carbons (Fsp3) is 0.154. The molecule has 1 N–H and O–H groups in total. The maximum atomic E-state index is 12.9. The number of nitrogens with zero attached hydrogens (tertiary/aromatic N) is 3. The molecule has 0 saturated heterocycles. The fourth-order valence-electron chi connectivity index (χ4n) is 3.96. The molecule has 0 radical (unpaired) electrons. The first kappa shape index (κ1) is 22.4. The molecule has 2 aliphatic rings. The molecule has 8 heteroatoms. The molecule has 0 bridgehead atoms. The highest BCUT2D eigenvalue weighted by Crippen LogP contribution is 2.35. The Labute approximate surface area is 206 Å². The summed E-state index contributed by atoms with van der Waals surface area (Å²) in [5, 5.41) is 4.11. The molecule has 34 heavy (non-hydrogen) atoms. The van der Waals surface area contributed by atoms with E-state index in [1.807, 2.05) is 77.7 Å². The number of aliphatic imine (C=N–C) groups is 2. The van der Waals surface area contributed by atoms with E-state index in [0.717, 1.165) is 22.4 Å². The average molecular weight is 489 g/mol. The number of carbonyl (C=O) groups is 2. The summed E-state index contributed by atoms with van der Waals surface area (Å²) in [6.07, 6.45) is 0.507. The van der Waals surface area contributed by atoms with Crippen molar-refractivity contribution in [1.82, 2.24) is 10.2 Å². The van der Waals surface area contributed by atoms with Gasteiger partial charge in [0.25, 0.3) is 5.91 Å². The molecule has 2 aliphatic heterocycles. The third kappa shape index (κ3) is 4.62. The van der Waals surface area contributed by atoms with Gasteiger partial charge >= 0.3 is 0 Å². The van der Waals surface area contributed by atoms with Gasteiger partial charge in [0, 0.05) is 23.6 Å². The van der Waals surface area contributed by atoms with Crippen molar-refractivity contribution in [3.8, 4) is 0 Å². The first-order valence-electron chi connectivity index (χ1n) is 10.9. The fourth-order valence-corrected chi connectivity index (χ4v) is 5.04. The highest BCUT2D eigenvalue weighted by molar-refractivity contribution is 8.14. The molecule has 2 amide bonds. The van der Waals surface area contributed by atoms with Gasteiger partial charge in [-0.15, -0.1) is 0 Å². The van der Waals surface area contributed by atoms with Crippen molar-refractivity contribution in [3.63, 3.8) is 0 Å². The summed E-state index contributed by atoms with van der Waals surface area (Å²) < 4.78 is 0. The second-order valence-electron chi connectivity index (χ2n) is 7.92. The van der Waals surface area contributed by atoms with E-state index >= 15 is 0 Å². The van der Waals surface area contributed by atoms with Crippen LogP contribution in [0.2, 0.25) is 5.02 Å². The maximum absolute atomic E-state index is 12.9. The molecule has 0 fully saturated rings. The molecule has 6 nitrogen and oxygen atoms in total. The highest BCUT2D eigenvalue weighted by Gasteiger charge is 2.41. The molecule has 2 heterocycles. The zero-order chi connectivity index (χ0) is 23.5. The van der Waals surface area contributed by atoms with Crippen LogP contribution in [0.15, 0.2) is 88.8 Å². The summed E-state index contributed by atoms with van der Waals surface area (Å²) >= 11 is 7.48. The number of hydrogen-bond donors (Lipinski definition) is 1. The van der Waals surface area contributed by atoms with Crippen LogP contribution in [0.5, 0.6) is 0 Å². The maximum Gasteiger partial charge on any atom is 0.271 e. The molecular formula is C26H21ClN4O2S. The van der Waals surface area contributed by atoms with Crippen LogP contribution in [0, 0.1) is 0 Å². The van der Waals surface area contributed by atoms with Gasteiger partial charge in [-0.05, 0) is 29.3 Å². The minimum atomic E-state index is -0.497. The second kappa shape index (κ2) is 9.83. The van der Waals surface area contributed by atoms with Crippen molar-refractivity contribution < 1.29 is 9.59 Å². The van der Waals surface area contributed by atoms with Crippen LogP contribution in [0.25, 0.3) is 0 Å². The first-order valence-corrected chi connectivity index (χ1v) is 12.2. The minimum absolute atomic E-state index is 0.143. The molecule has 1 unspecified atom stereocenters. The molecule has 0 aromatic heterocycles. The normalized spacial score (nSPS) is 16.4. The van der Waals surface area contributed by atoms with Gasteiger partial charge < -0.3 is 5.32 Å². The van der Waals surface area contributed by atoms with E-state index in [1.165, 1.54) is 11.8 Å². The molecule has 0 spiro atoms. The van der Waals surface area contributed by atoms with Gasteiger partial charge in [0.2, 0.25) is 5.91 Å². The van der Waals surface area contributed by atoms with Gasteiger partial charge in [-0.25, -0.2) is 4.99 Å². The van der Waals surface area contributed by atoms with E-state index in [4.69, 9.17) is 16.6 Å². The minimum Gasteiger partial charge on any atom is -0.351 e. The monoisotopic (exact) mass is 488 g/mol. The summed E-state index contributed by atoms with van der Waals surface area (Å²) in [5.74, 6) is 0.402. The van der Waals surface area contributed by atoms with Gasteiger partial charge in [-0.1, -0.05) is 84.0 Å². The number of thioether (sulfide) groups is 1. The van der Waals surface area contributed by atoms with E-state index in [2.05, 4.69) is 10.3 Å². The topological polar surface area (TPSA) is 74.1 Å². The number of halogens is 1. The lowest BCUT2D eigenvalue weighted by atomic mass is 10.0. The largest absolute Gasteiger partial charge is 0.351 e. The smallest absolute Gasteiger partial charge is 0.271 e. The summed E-state index contributed by atoms with van der Waals surface area (Å²) in [7, 11) is 0. The van der Waals surface area contributed by atoms with Crippen LogP contribution in [0.3, 0.4) is 0 Å². The Hall–Kier alpha value is -3.42. The van der Waals surface area contributed by atoms with E-state index in [0.29, 0.717) is 29.0 Å². The predicted molar refractivity (Wildman–Crippen MR) is 137 cm³/mol. The lowest BCUT2D eigenvalue weighted by Gasteiger charge is -2.31. The van der Waals surface area contributed by atoms with Crippen LogP contribution in [0.4, 0.5) is 5.69 Å². The SMILES string of the molecule is O=C(CSC1=Nc2ccccc2C2=NC(=O)C(Cc3ccccc3)N12)NCc1ccccc1Cl. The van der Waals surface area contributed by atoms with Crippen molar-refractivity contribution in [2.24, 2.45) is 9.98 Å². The number of para-hydroxylation sites is 1. The molecule has 1 atom stereocenters. The molecule has 170 valence electrons. The zero-order valence-corrected chi connectivity index (χ0v) is 19.7. The Morgan fingerprint density at radius 3 is 2.53 bits per heavy atom. The van der Waals surface area contributed by atoms with Gasteiger partial charge in [0.1, 0.15) is 11.9 Å². The highest BCUT2D eigenvalue weighted by atomic mass is 35.5. The van der Waals surface area contributed by atoms with Crippen molar-refractivity contribution in [1.29, 1.82) is 0 Å². The Balaban J connectivity index is 1.35. The van der Waals surface area contributed by atoms with Crippen molar-refractivity contribution in [2.75, 3.05) is 5.75 Å². The first-order chi connectivity index (χ1) is 16.6. The summed E-state index contributed by atoms with van der Waals surface area (Å²) in [5.41, 5.74) is 3.45. The number of amides is 2. The van der Waals surface area contributed by atoms with Crippen molar-refractivity contribution in [2.45, 2.75) is 19.0 Å². The second-order valence-corrected chi connectivity index (χ2v) is 9.27. The number of amidine groups is 2. The predicted octanol–water partition coefficient (Wildman–Crippen LogP) is 4.59. The van der Waals surface area contributed by atoms with E-state index < -0.39 is 6.04 Å². The van der Waals surface area contributed by atoms with Crippen LogP contribution in [0.1, 0.15) is 16.7 Å². The van der Waals surface area contributed by atoms with Crippen LogP contribution in [-0.2, 0) is 22.6 Å². The summed E-state index contributed by atoms with van der Waals surface area (Å²) in [6.45, 7) is 0.347. The molecular weight excluding hydrogens is 468 g/mol. The van der Waals surface area contributed by atoms with Gasteiger partial charge in [-0.2, -0.15) is 4.99 Å². The molecule has 0 aliphatic carbocycles. The Morgan fingerprint density at radius 1 is 0.971 bits per heavy atom. The third-order valence-corrected chi connectivity index (χ3v) is 6.97. The number of nitrogens with one attached hydrogen (secondary N) is 1. The Kier molecular flexibility index (Phi) is 6.47. The summed E-state index contributed by atoms with van der Waals surface area (Å²) in [6, 6.07) is 24.4. The van der Waals surface area contributed by atoms with Gasteiger partial charge in [0.15, 0.2) is 5.17 Å². The standard InChI is InChI=1S/C26H21ClN4O2S/c27-20-12-6-4-10-18(20)15-28-23(32)16-34-26-29-21-13-7-5-11-19(21)24-30-25(33)22(31(24)26)14-17-8-2-1-3-9-17/h1-13,22H,14-16H2,(H,28,32). The van der Waals surface area contributed by atoms with Gasteiger partial charge in [0.05, 0.1) is 11.4 Å². The summed E-state index contributed by atoms with van der Waals surface area (Å²) in [4.78, 5) is 36.6. The number of carbonyl (C=O) groups excluding carboxylic acids is 2. The number of hydrogen-bond acceptors (Lipinski definition) is 5. The van der Waals surface area contributed by atoms with Crippen LogP contribution >= 0.6 is 23.4 Å². The van der Waals surface area contributed by atoms with E-state index in [-0.39, 0.29) is 17.6 Å². The lowest BCUT2D eigenvalue weighted by molar-refractivity contribution is -0.120. The van der Waals surface area contributed by atoms with Crippen LogP contribution in [-0.4, -0.2) is 39.5 Å². The average Bonchev–Trinajstić information content (AvgIpc) is 3.19. The van der Waals surface area contributed by atoms with Crippen LogP contribution < -0.4 is 5.32 Å². The molecule has 5 rings (SSSR count).